The number of thioether (sulfide) groups is 1. The Morgan fingerprint density at radius 1 is 1.43 bits per heavy atom. The minimum absolute atomic E-state index is 0.0634. The molecule has 2 aromatic rings. The molecular formula is C13H14FN3O3S. The Balaban J connectivity index is 1.83. The number of aromatic amines is 1. The van der Waals surface area contributed by atoms with Gasteiger partial charge in [-0.25, -0.2) is 9.37 Å². The summed E-state index contributed by atoms with van der Waals surface area (Å²) < 4.78 is 23.4. The molecule has 0 radical (unpaired) electrons. The van der Waals surface area contributed by atoms with Gasteiger partial charge in [0.15, 0.2) is 17.4 Å². The fourth-order valence-corrected chi connectivity index (χ4v) is 2.06. The Morgan fingerprint density at radius 2 is 2.24 bits per heavy atom. The molecule has 1 aromatic heterocycles. The summed E-state index contributed by atoms with van der Waals surface area (Å²) in [6.45, 7) is 2.15. The van der Waals surface area contributed by atoms with Crippen LogP contribution in [-0.2, 0) is 16.1 Å². The lowest BCUT2D eigenvalue weighted by molar-refractivity contribution is -0.139. The molecule has 0 spiro atoms. The third-order valence-electron chi connectivity index (χ3n) is 2.34. The minimum Gasteiger partial charge on any atom is -0.483 e. The van der Waals surface area contributed by atoms with Crippen LogP contribution in [0.3, 0.4) is 0 Å². The van der Waals surface area contributed by atoms with Crippen LogP contribution in [0.25, 0.3) is 0 Å². The monoisotopic (exact) mass is 311 g/mol. The Bertz CT molecular complexity index is 606. The van der Waals surface area contributed by atoms with Gasteiger partial charge in [0, 0.05) is 0 Å². The summed E-state index contributed by atoms with van der Waals surface area (Å²) in [5.41, 5.74) is 0. The average Bonchev–Trinajstić information content (AvgIpc) is 2.93. The van der Waals surface area contributed by atoms with Gasteiger partial charge in [0.05, 0.1) is 12.4 Å². The van der Waals surface area contributed by atoms with Gasteiger partial charge < -0.3 is 9.47 Å². The van der Waals surface area contributed by atoms with E-state index in [1.165, 1.54) is 12.1 Å². The van der Waals surface area contributed by atoms with Crippen molar-refractivity contribution in [1.29, 1.82) is 0 Å². The summed E-state index contributed by atoms with van der Waals surface area (Å²) in [6.07, 6.45) is 0. The quantitative estimate of drug-likeness (QED) is 0.624. The summed E-state index contributed by atoms with van der Waals surface area (Å²) in [5, 5.41) is 7.01. The lowest BCUT2D eigenvalue weighted by Crippen LogP contribution is -2.06. The van der Waals surface area contributed by atoms with Gasteiger partial charge in [0.25, 0.3) is 0 Å². The molecule has 0 saturated heterocycles. The first-order valence-electron chi connectivity index (χ1n) is 6.26. The van der Waals surface area contributed by atoms with Crippen LogP contribution in [0.15, 0.2) is 29.4 Å². The topological polar surface area (TPSA) is 77.1 Å². The minimum atomic E-state index is -0.436. The molecule has 21 heavy (non-hydrogen) atoms. The molecule has 0 aliphatic carbocycles. The lowest BCUT2D eigenvalue weighted by atomic mass is 10.3. The fourth-order valence-electron chi connectivity index (χ4n) is 1.44. The number of esters is 1. The smallest absolute Gasteiger partial charge is 0.316 e. The van der Waals surface area contributed by atoms with E-state index in [1.54, 1.807) is 19.1 Å². The number of H-pyrrole nitrogens is 1. The first-order chi connectivity index (χ1) is 10.2. The highest BCUT2D eigenvalue weighted by molar-refractivity contribution is 7.99. The number of aromatic nitrogens is 3. The molecule has 1 N–H and O–H groups in total. The molecule has 0 aliphatic rings. The van der Waals surface area contributed by atoms with Crippen LogP contribution in [0, 0.1) is 5.82 Å². The van der Waals surface area contributed by atoms with E-state index in [9.17, 15) is 9.18 Å². The maximum Gasteiger partial charge on any atom is 0.316 e. The summed E-state index contributed by atoms with van der Waals surface area (Å²) >= 11 is 1.16. The molecule has 0 saturated carbocycles. The molecule has 6 nitrogen and oxygen atoms in total. The third kappa shape index (κ3) is 4.75. The van der Waals surface area contributed by atoms with E-state index >= 15 is 0 Å². The van der Waals surface area contributed by atoms with Crippen LogP contribution in [0.2, 0.25) is 0 Å². The summed E-state index contributed by atoms with van der Waals surface area (Å²) in [7, 11) is 0. The van der Waals surface area contributed by atoms with Crippen molar-refractivity contribution in [1.82, 2.24) is 15.2 Å². The Kier molecular flexibility index (Phi) is 5.56. The molecule has 1 aromatic carbocycles. The Hall–Kier alpha value is -2.09. The first-order valence-corrected chi connectivity index (χ1v) is 7.24. The number of benzene rings is 1. The van der Waals surface area contributed by atoms with Crippen LogP contribution >= 0.6 is 11.8 Å². The lowest BCUT2D eigenvalue weighted by Gasteiger charge is -2.03. The van der Waals surface area contributed by atoms with Gasteiger partial charge in [-0.2, -0.15) is 0 Å². The molecule has 0 aliphatic heterocycles. The number of nitrogens with one attached hydrogen (secondary N) is 1. The van der Waals surface area contributed by atoms with Crippen LogP contribution in [0.4, 0.5) is 4.39 Å². The largest absolute Gasteiger partial charge is 0.483 e. The van der Waals surface area contributed by atoms with E-state index in [4.69, 9.17) is 9.47 Å². The van der Waals surface area contributed by atoms with Gasteiger partial charge in [-0.05, 0) is 19.1 Å². The third-order valence-corrected chi connectivity index (χ3v) is 3.16. The predicted octanol–water partition coefficient (Wildman–Crippen LogP) is 2.18. The second-order valence-corrected chi connectivity index (χ2v) is 4.82. The van der Waals surface area contributed by atoms with Crippen molar-refractivity contribution < 1.29 is 18.7 Å². The van der Waals surface area contributed by atoms with Crippen LogP contribution in [0.5, 0.6) is 5.75 Å². The number of ether oxygens (including phenoxy) is 2. The number of carbonyl (C=O) groups excluding carboxylic acids is 1. The molecule has 2 rings (SSSR count). The number of para-hydroxylation sites is 1. The van der Waals surface area contributed by atoms with Crippen LogP contribution < -0.4 is 4.74 Å². The Morgan fingerprint density at radius 3 is 3.00 bits per heavy atom. The van der Waals surface area contributed by atoms with Crippen molar-refractivity contribution in [3.05, 3.63) is 35.9 Å². The van der Waals surface area contributed by atoms with Crippen molar-refractivity contribution in [3.63, 3.8) is 0 Å². The van der Waals surface area contributed by atoms with E-state index in [0.29, 0.717) is 17.6 Å². The first kappa shape index (κ1) is 15.3. The normalized spacial score (nSPS) is 10.4. The second kappa shape index (κ2) is 7.63. The zero-order chi connectivity index (χ0) is 15.1. The SMILES string of the molecule is CCOC(=O)CSc1n[nH]c(COc2ccccc2F)n1. The van der Waals surface area contributed by atoms with Crippen molar-refractivity contribution >= 4 is 17.7 Å². The molecule has 0 bridgehead atoms. The van der Waals surface area contributed by atoms with Crippen molar-refractivity contribution in [2.75, 3.05) is 12.4 Å². The van der Waals surface area contributed by atoms with E-state index < -0.39 is 5.82 Å². The van der Waals surface area contributed by atoms with Crippen molar-refractivity contribution in [2.24, 2.45) is 0 Å². The zero-order valence-corrected chi connectivity index (χ0v) is 12.2. The predicted molar refractivity (Wildman–Crippen MR) is 74.5 cm³/mol. The van der Waals surface area contributed by atoms with E-state index in [1.807, 2.05) is 0 Å². The molecule has 112 valence electrons. The maximum atomic E-state index is 13.4. The van der Waals surface area contributed by atoms with Crippen molar-refractivity contribution in [3.8, 4) is 5.75 Å². The second-order valence-electron chi connectivity index (χ2n) is 3.88. The summed E-state index contributed by atoms with van der Waals surface area (Å²) in [5.74, 6) is -0.0242. The molecule has 8 heteroatoms. The number of rotatable bonds is 7. The van der Waals surface area contributed by atoms with E-state index in [-0.39, 0.29) is 24.1 Å². The highest BCUT2D eigenvalue weighted by Gasteiger charge is 2.09. The highest BCUT2D eigenvalue weighted by Crippen LogP contribution is 2.17. The van der Waals surface area contributed by atoms with Crippen LogP contribution in [-0.4, -0.2) is 33.5 Å². The van der Waals surface area contributed by atoms with Crippen LogP contribution in [0.1, 0.15) is 12.7 Å². The Labute approximate surface area is 125 Å². The molecule has 0 atom stereocenters. The van der Waals surface area contributed by atoms with Gasteiger partial charge in [-0.15, -0.1) is 5.10 Å². The molecule has 0 amide bonds. The molecule has 0 fully saturated rings. The number of nitrogens with zero attached hydrogens (tertiary/aromatic N) is 2. The van der Waals surface area contributed by atoms with Gasteiger partial charge in [-0.1, -0.05) is 23.9 Å². The number of halogens is 1. The van der Waals surface area contributed by atoms with E-state index in [0.717, 1.165) is 11.8 Å². The van der Waals surface area contributed by atoms with E-state index in [2.05, 4.69) is 15.2 Å². The molecule has 0 unspecified atom stereocenters. The number of hydrogen-bond acceptors (Lipinski definition) is 6. The number of carbonyl (C=O) groups is 1. The highest BCUT2D eigenvalue weighted by atomic mass is 32.2. The van der Waals surface area contributed by atoms with Gasteiger partial charge in [-0.3, -0.25) is 9.89 Å². The standard InChI is InChI=1S/C13H14FN3O3S/c1-2-19-12(18)8-21-13-15-11(16-17-13)7-20-10-6-4-3-5-9(10)14/h3-6H,2,7-8H2,1H3,(H,15,16,17). The summed E-state index contributed by atoms with van der Waals surface area (Å²) in [6, 6.07) is 6.11. The summed E-state index contributed by atoms with van der Waals surface area (Å²) in [4.78, 5) is 15.3. The maximum absolute atomic E-state index is 13.4. The fraction of sp³-hybridized carbons (Fsp3) is 0.308. The van der Waals surface area contributed by atoms with Gasteiger partial charge >= 0.3 is 5.97 Å². The zero-order valence-electron chi connectivity index (χ0n) is 11.3. The van der Waals surface area contributed by atoms with Gasteiger partial charge in [0.1, 0.15) is 6.61 Å². The van der Waals surface area contributed by atoms with Crippen molar-refractivity contribution in [2.45, 2.75) is 18.7 Å². The number of hydrogen-bond donors (Lipinski definition) is 1. The average molecular weight is 311 g/mol. The molecular weight excluding hydrogens is 297 g/mol. The van der Waals surface area contributed by atoms with Gasteiger partial charge in [0.2, 0.25) is 5.16 Å². The molecule has 1 heterocycles.